The summed E-state index contributed by atoms with van der Waals surface area (Å²) in [4.78, 5) is 32.7. The molecule has 7 nitrogen and oxygen atoms in total. The summed E-state index contributed by atoms with van der Waals surface area (Å²) in [5, 5.41) is 0. The van der Waals surface area contributed by atoms with E-state index in [1.807, 2.05) is 10.9 Å². The largest absolute Gasteiger partial charge is 0.350 e. The van der Waals surface area contributed by atoms with E-state index in [1.165, 1.54) is 16.8 Å². The zero-order chi connectivity index (χ0) is 11.4. The molecule has 0 atom stereocenters. The van der Waals surface area contributed by atoms with Crippen LogP contribution in [-0.2, 0) is 7.05 Å². The van der Waals surface area contributed by atoms with Crippen LogP contribution in [0.25, 0.3) is 0 Å². The Labute approximate surface area is 84.9 Å². The van der Waals surface area contributed by atoms with E-state index in [2.05, 4.69) is 0 Å². The van der Waals surface area contributed by atoms with Crippen LogP contribution >= 0.6 is 0 Å². The second-order valence-electron chi connectivity index (χ2n) is 2.81. The number of hydrogen-bond donors (Lipinski definition) is 3. The Morgan fingerprint density at radius 3 is 2.60 bits per heavy atom. The summed E-state index contributed by atoms with van der Waals surface area (Å²) in [5.74, 6) is -0.605. The minimum absolute atomic E-state index is 0.145. The lowest BCUT2D eigenvalue weighted by Gasteiger charge is -2.04. The van der Waals surface area contributed by atoms with Crippen molar-refractivity contribution in [2.24, 2.45) is 12.8 Å². The van der Waals surface area contributed by atoms with Gasteiger partial charge in [0.05, 0.1) is 0 Å². The number of urea groups is 1. The third-order valence-corrected chi connectivity index (χ3v) is 1.67. The van der Waals surface area contributed by atoms with E-state index in [4.69, 9.17) is 5.73 Å². The number of primary amides is 1. The van der Waals surface area contributed by atoms with Gasteiger partial charge in [0.2, 0.25) is 0 Å². The molecule has 0 saturated heterocycles. The van der Waals surface area contributed by atoms with Gasteiger partial charge in [0.1, 0.15) is 0 Å². The Bertz CT molecular complexity index is 451. The first-order valence-electron chi connectivity index (χ1n) is 4.03. The summed E-state index contributed by atoms with van der Waals surface area (Å²) in [6.45, 7) is 0. The highest BCUT2D eigenvalue weighted by atomic mass is 16.2. The first kappa shape index (κ1) is 10.8. The van der Waals surface area contributed by atoms with Crippen molar-refractivity contribution >= 4 is 11.9 Å². The van der Waals surface area contributed by atoms with Gasteiger partial charge < -0.3 is 10.3 Å². The molecule has 1 heterocycles. The molecule has 1 rings (SSSR count). The number of rotatable bonds is 1. The number of hydrogen-bond acceptors (Lipinski definition) is 3. The predicted molar refractivity (Wildman–Crippen MR) is 51.9 cm³/mol. The molecular formula is C8H10N4O3. The number of hydrazine groups is 1. The van der Waals surface area contributed by atoms with Crippen molar-refractivity contribution in [3.63, 3.8) is 0 Å². The Hall–Kier alpha value is -2.31. The lowest BCUT2D eigenvalue weighted by atomic mass is 10.2. The second kappa shape index (κ2) is 4.27. The summed E-state index contributed by atoms with van der Waals surface area (Å²) in [7, 11) is 1.56. The second-order valence-corrected chi connectivity index (χ2v) is 2.81. The molecule has 0 radical (unpaired) electrons. The molecule has 0 aliphatic rings. The summed E-state index contributed by atoms with van der Waals surface area (Å²) in [5.41, 5.74) is 8.51. The highest BCUT2D eigenvalue weighted by Gasteiger charge is 2.06. The predicted octanol–water partition coefficient (Wildman–Crippen LogP) is -1.30. The maximum atomic E-state index is 11.3. The average molecular weight is 210 g/mol. The van der Waals surface area contributed by atoms with Gasteiger partial charge >= 0.3 is 6.03 Å². The minimum atomic E-state index is -0.882. The van der Waals surface area contributed by atoms with Crippen molar-refractivity contribution in [2.45, 2.75) is 0 Å². The quantitative estimate of drug-likeness (QED) is 0.501. The van der Waals surface area contributed by atoms with Gasteiger partial charge in [-0.15, -0.1) is 0 Å². The number of pyridine rings is 1. The van der Waals surface area contributed by atoms with Crippen molar-refractivity contribution in [1.82, 2.24) is 15.4 Å². The summed E-state index contributed by atoms with van der Waals surface area (Å²) in [6, 6.07) is 1.71. The SMILES string of the molecule is Cn1ccc(C(=O)NNC(N)=O)cc1=O. The molecule has 7 heteroatoms. The van der Waals surface area contributed by atoms with Crippen molar-refractivity contribution in [3.8, 4) is 0 Å². The van der Waals surface area contributed by atoms with E-state index in [9.17, 15) is 14.4 Å². The molecule has 0 aromatic carbocycles. The molecule has 0 spiro atoms. The van der Waals surface area contributed by atoms with Gasteiger partial charge in [-0.2, -0.15) is 0 Å². The summed E-state index contributed by atoms with van der Waals surface area (Å²) in [6.07, 6.45) is 1.45. The topological polar surface area (TPSA) is 106 Å². The molecule has 0 unspecified atom stereocenters. The number of amides is 3. The lowest BCUT2D eigenvalue weighted by Crippen LogP contribution is -2.44. The maximum Gasteiger partial charge on any atom is 0.330 e. The number of aryl methyl sites for hydroxylation is 1. The highest BCUT2D eigenvalue weighted by Crippen LogP contribution is 1.92. The Kier molecular flexibility index (Phi) is 3.06. The zero-order valence-corrected chi connectivity index (χ0v) is 7.98. The number of nitrogens with zero attached hydrogens (tertiary/aromatic N) is 1. The standard InChI is InChI=1S/C8H10N4O3/c1-12-3-2-5(4-6(12)13)7(14)10-11-8(9)15/h2-4H,1H3,(H,10,14)(H3,9,11,15). The van der Waals surface area contributed by atoms with Crippen LogP contribution in [0.2, 0.25) is 0 Å². The number of carbonyl (C=O) groups is 2. The van der Waals surface area contributed by atoms with E-state index in [0.717, 1.165) is 6.07 Å². The van der Waals surface area contributed by atoms with E-state index in [0.29, 0.717) is 0 Å². The van der Waals surface area contributed by atoms with Gasteiger partial charge in [-0.05, 0) is 6.07 Å². The van der Waals surface area contributed by atoms with Crippen LogP contribution in [0.1, 0.15) is 10.4 Å². The summed E-state index contributed by atoms with van der Waals surface area (Å²) >= 11 is 0. The first-order valence-corrected chi connectivity index (χ1v) is 4.03. The molecule has 3 amide bonds. The van der Waals surface area contributed by atoms with Crippen molar-refractivity contribution in [1.29, 1.82) is 0 Å². The van der Waals surface area contributed by atoms with Gasteiger partial charge in [-0.1, -0.05) is 0 Å². The van der Waals surface area contributed by atoms with Crippen LogP contribution in [0.4, 0.5) is 4.79 Å². The van der Waals surface area contributed by atoms with Crippen LogP contribution < -0.4 is 22.1 Å². The number of nitrogens with one attached hydrogen (secondary N) is 2. The van der Waals surface area contributed by atoms with Crippen LogP contribution in [0.15, 0.2) is 23.1 Å². The molecule has 0 fully saturated rings. The fourth-order valence-electron chi connectivity index (χ4n) is 0.880. The van der Waals surface area contributed by atoms with Crippen molar-refractivity contribution in [2.75, 3.05) is 0 Å². The maximum absolute atomic E-state index is 11.3. The first-order chi connectivity index (χ1) is 7.00. The third-order valence-electron chi connectivity index (χ3n) is 1.67. The molecule has 1 aromatic heterocycles. The normalized spacial score (nSPS) is 9.40. The molecule has 0 aliphatic carbocycles. The van der Waals surface area contributed by atoms with Crippen LogP contribution in [0, 0.1) is 0 Å². The summed E-state index contributed by atoms with van der Waals surface area (Å²) < 4.78 is 1.32. The zero-order valence-electron chi connectivity index (χ0n) is 7.98. The Morgan fingerprint density at radius 2 is 2.07 bits per heavy atom. The molecule has 15 heavy (non-hydrogen) atoms. The average Bonchev–Trinajstić information content (AvgIpc) is 2.18. The fraction of sp³-hybridized carbons (Fsp3) is 0.125. The van der Waals surface area contributed by atoms with Gasteiger partial charge in [0.25, 0.3) is 11.5 Å². The number of aromatic nitrogens is 1. The molecule has 80 valence electrons. The van der Waals surface area contributed by atoms with Crippen molar-refractivity contribution < 1.29 is 9.59 Å². The van der Waals surface area contributed by atoms with Gasteiger partial charge in [-0.25, -0.2) is 10.2 Å². The van der Waals surface area contributed by atoms with E-state index in [1.54, 1.807) is 7.05 Å². The molecule has 0 bridgehead atoms. The van der Waals surface area contributed by atoms with Gasteiger partial charge in [0, 0.05) is 24.9 Å². The Balaban J connectivity index is 2.79. The van der Waals surface area contributed by atoms with Gasteiger partial charge in [0.15, 0.2) is 0 Å². The van der Waals surface area contributed by atoms with E-state index >= 15 is 0 Å². The Morgan fingerprint density at radius 1 is 1.40 bits per heavy atom. The number of carbonyl (C=O) groups excluding carboxylic acids is 2. The minimum Gasteiger partial charge on any atom is -0.350 e. The molecular weight excluding hydrogens is 200 g/mol. The molecule has 1 aromatic rings. The lowest BCUT2D eigenvalue weighted by molar-refractivity contribution is 0.0937. The molecule has 0 saturated carbocycles. The van der Waals surface area contributed by atoms with Crippen molar-refractivity contribution in [3.05, 3.63) is 34.2 Å². The number of nitrogens with two attached hydrogens (primary N) is 1. The third kappa shape index (κ3) is 2.83. The van der Waals surface area contributed by atoms with Gasteiger partial charge in [-0.3, -0.25) is 15.0 Å². The highest BCUT2D eigenvalue weighted by molar-refractivity contribution is 5.94. The smallest absolute Gasteiger partial charge is 0.330 e. The van der Waals surface area contributed by atoms with Crippen LogP contribution in [0.3, 0.4) is 0 Å². The molecule has 0 aliphatic heterocycles. The monoisotopic (exact) mass is 210 g/mol. The fourth-order valence-corrected chi connectivity index (χ4v) is 0.880. The van der Waals surface area contributed by atoms with Crippen LogP contribution in [-0.4, -0.2) is 16.5 Å². The molecule has 4 N–H and O–H groups in total. The van der Waals surface area contributed by atoms with E-state index < -0.39 is 11.9 Å². The van der Waals surface area contributed by atoms with Crippen LogP contribution in [0.5, 0.6) is 0 Å². The van der Waals surface area contributed by atoms with E-state index in [-0.39, 0.29) is 11.1 Å².